The predicted molar refractivity (Wildman–Crippen MR) is 107 cm³/mol. The first-order chi connectivity index (χ1) is 12.3. The van der Waals surface area contributed by atoms with E-state index in [0.29, 0.717) is 0 Å². The third kappa shape index (κ3) is 3.05. The summed E-state index contributed by atoms with van der Waals surface area (Å²) >= 11 is 0. The Morgan fingerprint density at radius 1 is 0.400 bits per heavy atom. The van der Waals surface area contributed by atoms with Gasteiger partial charge in [-0.15, -0.1) is 0 Å². The third-order valence-corrected chi connectivity index (χ3v) is 4.43. The van der Waals surface area contributed by atoms with Gasteiger partial charge in [-0.05, 0) is 45.5 Å². The topological polar surface area (TPSA) is 26.0 Å². The molecule has 0 heterocycles. The molecule has 0 aliphatic carbocycles. The standard InChI is InChI=1S/C24H19N/c25-20-15-16-22(19-11-5-2-6-12-19)24(17-20)23-14-8-7-13-21(23)18-9-3-1-4-10-18/h1-17H,25H2. The molecule has 1 heteroatoms. The van der Waals surface area contributed by atoms with Crippen LogP contribution >= 0.6 is 0 Å². The second kappa shape index (κ2) is 6.66. The minimum atomic E-state index is 0.776. The molecule has 4 aromatic carbocycles. The Hall–Kier alpha value is -3.32. The average Bonchev–Trinajstić information content (AvgIpc) is 2.69. The fourth-order valence-corrected chi connectivity index (χ4v) is 3.24. The van der Waals surface area contributed by atoms with Crippen molar-refractivity contribution in [3.63, 3.8) is 0 Å². The molecule has 0 saturated heterocycles. The Labute approximate surface area is 148 Å². The molecular weight excluding hydrogens is 302 g/mol. The van der Waals surface area contributed by atoms with Gasteiger partial charge >= 0.3 is 0 Å². The van der Waals surface area contributed by atoms with E-state index in [2.05, 4.69) is 84.9 Å². The first kappa shape index (κ1) is 15.2. The molecule has 2 N–H and O–H groups in total. The minimum absolute atomic E-state index is 0.776. The van der Waals surface area contributed by atoms with Crippen LogP contribution in [0.4, 0.5) is 5.69 Å². The van der Waals surface area contributed by atoms with Gasteiger partial charge in [0.2, 0.25) is 0 Å². The normalized spacial score (nSPS) is 10.6. The van der Waals surface area contributed by atoms with E-state index in [1.54, 1.807) is 0 Å². The highest BCUT2D eigenvalue weighted by molar-refractivity contribution is 5.92. The maximum atomic E-state index is 6.13. The van der Waals surface area contributed by atoms with E-state index in [4.69, 9.17) is 5.73 Å². The zero-order valence-electron chi connectivity index (χ0n) is 13.9. The first-order valence-corrected chi connectivity index (χ1v) is 8.43. The Bertz CT molecular complexity index is 989. The van der Waals surface area contributed by atoms with Crippen molar-refractivity contribution in [2.75, 3.05) is 5.73 Å². The van der Waals surface area contributed by atoms with E-state index in [9.17, 15) is 0 Å². The SMILES string of the molecule is Nc1ccc(-c2ccccc2)c(-c2ccccc2-c2ccccc2)c1. The number of rotatable bonds is 3. The summed E-state index contributed by atoms with van der Waals surface area (Å²) in [6.07, 6.45) is 0. The predicted octanol–water partition coefficient (Wildman–Crippen LogP) is 6.27. The molecular formula is C24H19N. The van der Waals surface area contributed by atoms with Gasteiger partial charge in [-0.25, -0.2) is 0 Å². The van der Waals surface area contributed by atoms with Gasteiger partial charge in [-0.3, -0.25) is 0 Å². The molecule has 25 heavy (non-hydrogen) atoms. The Morgan fingerprint density at radius 3 is 1.48 bits per heavy atom. The zero-order valence-corrected chi connectivity index (χ0v) is 13.9. The van der Waals surface area contributed by atoms with Crippen LogP contribution in [-0.4, -0.2) is 0 Å². The molecule has 0 amide bonds. The summed E-state index contributed by atoms with van der Waals surface area (Å²) in [6, 6.07) is 35.6. The minimum Gasteiger partial charge on any atom is -0.399 e. The molecule has 0 spiro atoms. The quantitative estimate of drug-likeness (QED) is 0.442. The molecule has 0 radical (unpaired) electrons. The summed E-state index contributed by atoms with van der Waals surface area (Å²) in [5.74, 6) is 0. The van der Waals surface area contributed by atoms with E-state index >= 15 is 0 Å². The van der Waals surface area contributed by atoms with E-state index < -0.39 is 0 Å². The highest BCUT2D eigenvalue weighted by Crippen LogP contribution is 2.38. The van der Waals surface area contributed by atoms with Gasteiger partial charge in [0.15, 0.2) is 0 Å². The molecule has 0 bridgehead atoms. The van der Waals surface area contributed by atoms with E-state index in [1.807, 2.05) is 18.2 Å². The maximum Gasteiger partial charge on any atom is 0.0320 e. The molecule has 0 aromatic heterocycles. The van der Waals surface area contributed by atoms with Gasteiger partial charge in [-0.2, -0.15) is 0 Å². The summed E-state index contributed by atoms with van der Waals surface area (Å²) < 4.78 is 0. The summed E-state index contributed by atoms with van der Waals surface area (Å²) in [4.78, 5) is 0. The number of nitrogens with two attached hydrogens (primary N) is 1. The Morgan fingerprint density at radius 2 is 0.880 bits per heavy atom. The van der Waals surface area contributed by atoms with Crippen LogP contribution in [0.25, 0.3) is 33.4 Å². The number of benzene rings is 4. The maximum absolute atomic E-state index is 6.13. The van der Waals surface area contributed by atoms with Crippen molar-refractivity contribution < 1.29 is 0 Å². The second-order valence-corrected chi connectivity index (χ2v) is 6.08. The monoisotopic (exact) mass is 321 g/mol. The fraction of sp³-hybridized carbons (Fsp3) is 0. The van der Waals surface area contributed by atoms with Crippen molar-refractivity contribution in [2.45, 2.75) is 0 Å². The lowest BCUT2D eigenvalue weighted by Crippen LogP contribution is -1.92. The van der Waals surface area contributed by atoms with Crippen molar-refractivity contribution in [3.8, 4) is 33.4 Å². The van der Waals surface area contributed by atoms with Crippen LogP contribution in [0.5, 0.6) is 0 Å². The third-order valence-electron chi connectivity index (χ3n) is 4.43. The highest BCUT2D eigenvalue weighted by atomic mass is 14.5. The van der Waals surface area contributed by atoms with E-state index in [0.717, 1.165) is 11.3 Å². The van der Waals surface area contributed by atoms with Gasteiger partial charge in [0.25, 0.3) is 0 Å². The van der Waals surface area contributed by atoms with Gasteiger partial charge in [-0.1, -0.05) is 91.0 Å². The number of nitrogen functional groups attached to an aromatic ring is 1. The van der Waals surface area contributed by atoms with Crippen LogP contribution in [0.2, 0.25) is 0 Å². The van der Waals surface area contributed by atoms with Gasteiger partial charge in [0, 0.05) is 5.69 Å². The van der Waals surface area contributed by atoms with Crippen molar-refractivity contribution in [1.29, 1.82) is 0 Å². The Balaban J connectivity index is 1.96. The van der Waals surface area contributed by atoms with Gasteiger partial charge in [0.05, 0.1) is 0 Å². The van der Waals surface area contributed by atoms with Gasteiger partial charge in [0.1, 0.15) is 0 Å². The zero-order chi connectivity index (χ0) is 17.1. The van der Waals surface area contributed by atoms with Crippen LogP contribution in [0.15, 0.2) is 103 Å². The van der Waals surface area contributed by atoms with Gasteiger partial charge < -0.3 is 5.73 Å². The number of hydrogen-bond donors (Lipinski definition) is 1. The lowest BCUT2D eigenvalue weighted by Gasteiger charge is -2.15. The molecule has 0 fully saturated rings. The highest BCUT2D eigenvalue weighted by Gasteiger charge is 2.12. The van der Waals surface area contributed by atoms with Crippen molar-refractivity contribution in [3.05, 3.63) is 103 Å². The molecule has 0 aliphatic heterocycles. The number of hydrogen-bond acceptors (Lipinski definition) is 1. The summed E-state index contributed by atoms with van der Waals surface area (Å²) in [5.41, 5.74) is 14.1. The van der Waals surface area contributed by atoms with Crippen LogP contribution in [0, 0.1) is 0 Å². The lowest BCUT2D eigenvalue weighted by atomic mass is 9.89. The van der Waals surface area contributed by atoms with Crippen LogP contribution in [0.1, 0.15) is 0 Å². The molecule has 4 aromatic rings. The first-order valence-electron chi connectivity index (χ1n) is 8.43. The molecule has 0 unspecified atom stereocenters. The van der Waals surface area contributed by atoms with Crippen LogP contribution in [-0.2, 0) is 0 Å². The van der Waals surface area contributed by atoms with E-state index in [-0.39, 0.29) is 0 Å². The fourth-order valence-electron chi connectivity index (χ4n) is 3.24. The molecule has 0 aliphatic rings. The van der Waals surface area contributed by atoms with Crippen molar-refractivity contribution in [2.24, 2.45) is 0 Å². The van der Waals surface area contributed by atoms with Crippen molar-refractivity contribution in [1.82, 2.24) is 0 Å². The summed E-state index contributed by atoms with van der Waals surface area (Å²) in [7, 11) is 0. The molecule has 1 nitrogen and oxygen atoms in total. The molecule has 120 valence electrons. The summed E-state index contributed by atoms with van der Waals surface area (Å²) in [6.45, 7) is 0. The smallest absolute Gasteiger partial charge is 0.0320 e. The molecule has 0 atom stereocenters. The van der Waals surface area contributed by atoms with E-state index in [1.165, 1.54) is 27.8 Å². The molecule has 0 saturated carbocycles. The lowest BCUT2D eigenvalue weighted by molar-refractivity contribution is 1.56. The van der Waals surface area contributed by atoms with Crippen LogP contribution < -0.4 is 5.73 Å². The largest absolute Gasteiger partial charge is 0.399 e. The van der Waals surface area contributed by atoms with Crippen LogP contribution in [0.3, 0.4) is 0 Å². The number of anilines is 1. The second-order valence-electron chi connectivity index (χ2n) is 6.08. The summed E-state index contributed by atoms with van der Waals surface area (Å²) in [5, 5.41) is 0. The molecule has 4 rings (SSSR count). The Kier molecular flexibility index (Phi) is 4.05. The van der Waals surface area contributed by atoms with Crippen molar-refractivity contribution >= 4 is 5.69 Å². The average molecular weight is 321 g/mol.